The van der Waals surface area contributed by atoms with Crippen LogP contribution in [0.2, 0.25) is 0 Å². The third kappa shape index (κ3) is 2.46. The molecule has 4 fully saturated rings. The topological polar surface area (TPSA) is 23.6 Å². The van der Waals surface area contributed by atoms with Crippen LogP contribution in [0.4, 0.5) is 8.78 Å². The van der Waals surface area contributed by atoms with Crippen LogP contribution in [0, 0.1) is 17.6 Å². The van der Waals surface area contributed by atoms with Crippen LogP contribution in [0.1, 0.15) is 24.3 Å². The Kier molecular flexibility index (Phi) is 4.29. The van der Waals surface area contributed by atoms with E-state index in [0.717, 1.165) is 32.0 Å². The number of piperidine rings is 3. The Morgan fingerprint density at radius 1 is 1.25 bits per heavy atom. The Hall–Kier alpha value is -1.14. The molecule has 1 aromatic rings. The summed E-state index contributed by atoms with van der Waals surface area (Å²) in [6, 6.07) is 4.70. The van der Waals surface area contributed by atoms with Crippen LogP contribution in [0.5, 0.6) is 0 Å². The summed E-state index contributed by atoms with van der Waals surface area (Å²) in [5, 5.41) is 0. The fourth-order valence-corrected chi connectivity index (χ4v) is 5.40. The normalized spacial score (nSPS) is 34.5. The van der Waals surface area contributed by atoms with Crippen molar-refractivity contribution in [2.45, 2.75) is 30.8 Å². The number of nitrogens with zero attached hydrogens (tertiary/aromatic N) is 2. The van der Waals surface area contributed by atoms with E-state index in [1.54, 1.807) is 12.1 Å². The molecule has 24 heavy (non-hydrogen) atoms. The Morgan fingerprint density at radius 2 is 2.00 bits per heavy atom. The van der Waals surface area contributed by atoms with E-state index >= 15 is 0 Å². The van der Waals surface area contributed by atoms with Gasteiger partial charge in [-0.1, -0.05) is 12.1 Å². The van der Waals surface area contributed by atoms with Gasteiger partial charge in [-0.25, -0.2) is 8.78 Å². The Labute approximate surface area is 145 Å². The molecule has 130 valence electrons. The SMILES string of the molecule is CSCC(=O)N1C[C@@H](c2cccc(F)c2F)[C@@H]2[C@H]1C1CCN2CC1. The lowest BCUT2D eigenvalue weighted by atomic mass is 9.75. The van der Waals surface area contributed by atoms with Gasteiger partial charge in [0, 0.05) is 18.5 Å². The number of carbonyl (C=O) groups is 1. The third-order valence-corrected chi connectivity index (χ3v) is 6.50. The van der Waals surface area contributed by atoms with Crippen LogP contribution in [0.25, 0.3) is 0 Å². The average molecular weight is 352 g/mol. The molecule has 0 aliphatic carbocycles. The van der Waals surface area contributed by atoms with Crippen molar-refractivity contribution in [3.05, 3.63) is 35.4 Å². The van der Waals surface area contributed by atoms with Gasteiger partial charge in [-0.05, 0) is 49.7 Å². The minimum Gasteiger partial charge on any atom is -0.336 e. The van der Waals surface area contributed by atoms with Crippen LogP contribution in [0.3, 0.4) is 0 Å². The van der Waals surface area contributed by atoms with Crippen LogP contribution < -0.4 is 0 Å². The predicted molar refractivity (Wildman–Crippen MR) is 91.1 cm³/mol. The summed E-state index contributed by atoms with van der Waals surface area (Å²) < 4.78 is 28.2. The van der Waals surface area contributed by atoms with Gasteiger partial charge in [0.1, 0.15) is 0 Å². The van der Waals surface area contributed by atoms with Crippen LogP contribution in [0.15, 0.2) is 18.2 Å². The van der Waals surface area contributed by atoms with E-state index in [0.29, 0.717) is 23.8 Å². The van der Waals surface area contributed by atoms with Crippen LogP contribution >= 0.6 is 11.8 Å². The van der Waals surface area contributed by atoms with Gasteiger partial charge in [0.15, 0.2) is 11.6 Å². The maximum Gasteiger partial charge on any atom is 0.232 e. The lowest BCUT2D eigenvalue weighted by Gasteiger charge is -2.51. The van der Waals surface area contributed by atoms with E-state index in [2.05, 4.69) is 4.90 Å². The molecule has 4 saturated heterocycles. The number of hydrogen-bond acceptors (Lipinski definition) is 3. The summed E-state index contributed by atoms with van der Waals surface area (Å²) in [4.78, 5) is 17.0. The first-order chi connectivity index (χ1) is 11.6. The number of thioether (sulfide) groups is 1. The molecule has 3 nitrogen and oxygen atoms in total. The van der Waals surface area contributed by atoms with Gasteiger partial charge in [-0.15, -0.1) is 0 Å². The molecule has 6 heteroatoms. The Bertz CT molecular complexity index is 648. The number of fused-ring (bicyclic) bond motifs is 2. The van der Waals surface area contributed by atoms with Crippen LogP contribution in [-0.4, -0.2) is 59.4 Å². The molecule has 1 amide bonds. The minimum absolute atomic E-state index is 0.125. The van der Waals surface area contributed by atoms with E-state index in [1.807, 2.05) is 11.2 Å². The van der Waals surface area contributed by atoms with Gasteiger partial charge in [0.2, 0.25) is 5.91 Å². The summed E-state index contributed by atoms with van der Waals surface area (Å²) in [6.07, 6.45) is 4.12. The zero-order chi connectivity index (χ0) is 16.8. The fourth-order valence-electron chi connectivity index (χ4n) is 4.99. The van der Waals surface area contributed by atoms with Crippen molar-refractivity contribution >= 4 is 17.7 Å². The highest BCUT2D eigenvalue weighted by atomic mass is 32.2. The van der Waals surface area contributed by atoms with Crippen LogP contribution in [-0.2, 0) is 4.79 Å². The van der Waals surface area contributed by atoms with E-state index in [1.165, 1.54) is 11.8 Å². The van der Waals surface area contributed by atoms with Gasteiger partial charge >= 0.3 is 0 Å². The highest BCUT2D eigenvalue weighted by Gasteiger charge is 2.54. The molecule has 0 N–H and O–H groups in total. The molecule has 0 saturated carbocycles. The van der Waals surface area contributed by atoms with Crippen molar-refractivity contribution in [2.75, 3.05) is 31.6 Å². The highest BCUT2D eigenvalue weighted by molar-refractivity contribution is 7.99. The summed E-state index contributed by atoms with van der Waals surface area (Å²) in [5.41, 5.74) is 0.428. The lowest BCUT2D eigenvalue weighted by Crippen LogP contribution is -2.61. The molecular formula is C18H22F2N2OS. The maximum atomic E-state index is 14.4. The average Bonchev–Trinajstić information content (AvgIpc) is 3.01. The molecule has 3 atom stereocenters. The van der Waals surface area contributed by atoms with Gasteiger partial charge < -0.3 is 4.90 Å². The first kappa shape index (κ1) is 16.3. The second-order valence-electron chi connectivity index (χ2n) is 7.08. The van der Waals surface area contributed by atoms with E-state index in [9.17, 15) is 13.6 Å². The quantitative estimate of drug-likeness (QED) is 0.836. The molecule has 4 aliphatic heterocycles. The number of halogens is 2. The lowest BCUT2D eigenvalue weighted by molar-refractivity contribution is -0.133. The smallest absolute Gasteiger partial charge is 0.232 e. The maximum absolute atomic E-state index is 14.4. The van der Waals surface area contributed by atoms with Crippen molar-refractivity contribution in [1.82, 2.24) is 9.80 Å². The summed E-state index contributed by atoms with van der Waals surface area (Å²) >= 11 is 1.52. The molecule has 0 aromatic heterocycles. The number of benzene rings is 1. The minimum atomic E-state index is -0.797. The van der Waals surface area contributed by atoms with Crippen molar-refractivity contribution in [3.63, 3.8) is 0 Å². The van der Waals surface area contributed by atoms with Gasteiger partial charge in [0.25, 0.3) is 0 Å². The molecule has 2 bridgehead atoms. The fraction of sp³-hybridized carbons (Fsp3) is 0.611. The van der Waals surface area contributed by atoms with E-state index < -0.39 is 11.6 Å². The van der Waals surface area contributed by atoms with Crippen molar-refractivity contribution in [1.29, 1.82) is 0 Å². The zero-order valence-corrected chi connectivity index (χ0v) is 14.6. The number of likely N-dealkylation sites (tertiary alicyclic amines) is 1. The third-order valence-electron chi connectivity index (χ3n) is 5.96. The number of amides is 1. The molecule has 0 spiro atoms. The monoisotopic (exact) mass is 352 g/mol. The molecule has 1 aromatic carbocycles. The summed E-state index contributed by atoms with van der Waals surface area (Å²) in [5.74, 6) is -0.608. The number of rotatable bonds is 3. The van der Waals surface area contributed by atoms with E-state index in [4.69, 9.17) is 0 Å². The van der Waals surface area contributed by atoms with Crippen molar-refractivity contribution in [2.24, 2.45) is 5.92 Å². The number of hydrogen-bond donors (Lipinski definition) is 0. The largest absolute Gasteiger partial charge is 0.336 e. The van der Waals surface area contributed by atoms with Crippen molar-refractivity contribution < 1.29 is 13.6 Å². The summed E-state index contributed by atoms with van der Waals surface area (Å²) in [6.45, 7) is 2.51. The summed E-state index contributed by atoms with van der Waals surface area (Å²) in [7, 11) is 0. The second-order valence-corrected chi connectivity index (χ2v) is 7.95. The van der Waals surface area contributed by atoms with E-state index in [-0.39, 0.29) is 23.9 Å². The standard InChI is InChI=1S/C18H22F2N2OS/c1-24-10-15(23)22-9-13(12-3-2-4-14(19)16(12)20)18-17(22)11-5-7-21(18)8-6-11/h2-4,11,13,17-18H,5-10H2,1H3/t13-,17+,18+/m0/s1. The van der Waals surface area contributed by atoms with Gasteiger partial charge in [-0.2, -0.15) is 11.8 Å². The molecule has 0 radical (unpaired) electrons. The predicted octanol–water partition coefficient (Wildman–Crippen LogP) is 2.72. The Morgan fingerprint density at radius 3 is 2.71 bits per heavy atom. The molecular weight excluding hydrogens is 330 g/mol. The first-order valence-corrected chi connectivity index (χ1v) is 9.97. The Balaban J connectivity index is 1.72. The molecule has 5 rings (SSSR count). The number of carbonyl (C=O) groups excluding carboxylic acids is 1. The highest BCUT2D eigenvalue weighted by Crippen LogP contribution is 2.47. The van der Waals surface area contributed by atoms with Gasteiger partial charge in [0.05, 0.1) is 11.8 Å². The molecule has 4 aliphatic rings. The zero-order valence-electron chi connectivity index (χ0n) is 13.8. The first-order valence-electron chi connectivity index (χ1n) is 8.58. The molecule has 0 unspecified atom stereocenters. The second kappa shape index (κ2) is 6.30. The van der Waals surface area contributed by atoms with Gasteiger partial charge in [-0.3, -0.25) is 9.69 Å². The molecule has 4 heterocycles. The van der Waals surface area contributed by atoms with Crippen molar-refractivity contribution in [3.8, 4) is 0 Å².